The van der Waals surface area contributed by atoms with Gasteiger partial charge in [0, 0.05) is 49.9 Å². The molecular weight excluding hydrogens is 424 g/mol. The summed E-state index contributed by atoms with van der Waals surface area (Å²) in [5.41, 5.74) is 9.28. The van der Waals surface area contributed by atoms with Gasteiger partial charge in [-0.3, -0.25) is 0 Å². The topological polar surface area (TPSA) is 9.34 Å². The highest BCUT2D eigenvalue weighted by atomic mass is 15.0. The molecule has 8 aromatic rings. The van der Waals surface area contributed by atoms with Crippen molar-refractivity contribution in [2.24, 2.45) is 0 Å². The van der Waals surface area contributed by atoms with Crippen molar-refractivity contribution in [3.63, 3.8) is 0 Å². The summed E-state index contributed by atoms with van der Waals surface area (Å²) in [5.74, 6) is 0. The molecule has 0 saturated carbocycles. The highest BCUT2D eigenvalue weighted by Gasteiger charge is 2.17. The number of aromatic nitrogens is 2. The summed E-state index contributed by atoms with van der Waals surface area (Å²) < 4.78 is 4.89. The van der Waals surface area contributed by atoms with Gasteiger partial charge in [-0.05, 0) is 54.8 Å². The van der Waals surface area contributed by atoms with E-state index in [0.717, 1.165) is 13.0 Å². The Bertz CT molecular complexity index is 2070. The van der Waals surface area contributed by atoms with Gasteiger partial charge in [0.1, 0.15) is 0 Å². The number of hydrogen-bond donors (Lipinski definition) is 0. The zero-order valence-corrected chi connectivity index (χ0v) is 19.6. The van der Waals surface area contributed by atoms with E-state index in [1.54, 1.807) is 0 Å². The molecular formula is C33H24N2. The van der Waals surface area contributed by atoms with Crippen molar-refractivity contribution in [1.82, 2.24) is 8.97 Å². The zero-order chi connectivity index (χ0) is 23.1. The molecule has 0 bridgehead atoms. The summed E-state index contributed by atoms with van der Waals surface area (Å²) in [7, 11) is 0. The number of para-hydroxylation sites is 3. The quantitative estimate of drug-likeness (QED) is 0.256. The Morgan fingerprint density at radius 3 is 1.89 bits per heavy atom. The van der Waals surface area contributed by atoms with Crippen molar-refractivity contribution in [3.05, 3.63) is 114 Å². The number of aryl methyl sites for hydroxylation is 1. The fourth-order valence-electron chi connectivity index (χ4n) is 6.37. The molecule has 0 amide bonds. The van der Waals surface area contributed by atoms with Gasteiger partial charge in [-0.15, -0.1) is 0 Å². The van der Waals surface area contributed by atoms with Crippen LogP contribution in [0.25, 0.3) is 59.9 Å². The number of nitrogens with zero attached hydrogens (tertiary/aromatic N) is 2. The summed E-state index contributed by atoms with van der Waals surface area (Å²) in [6.45, 7) is 3.21. The van der Waals surface area contributed by atoms with Gasteiger partial charge in [0.15, 0.2) is 0 Å². The first kappa shape index (κ1) is 19.1. The lowest BCUT2D eigenvalue weighted by atomic mass is 10.0. The SMILES string of the molecule is CCn1c2ccccc2c2cc(Cc3ccc4c5cccc6c7ccccc7n(c4c3)c65)ccc21. The second-order valence-electron chi connectivity index (χ2n) is 9.70. The second-order valence-corrected chi connectivity index (χ2v) is 9.70. The predicted molar refractivity (Wildman–Crippen MR) is 149 cm³/mol. The van der Waals surface area contributed by atoms with E-state index < -0.39 is 0 Å². The minimum absolute atomic E-state index is 0.924. The lowest BCUT2D eigenvalue weighted by molar-refractivity contribution is 0.827. The number of hydrogen-bond acceptors (Lipinski definition) is 0. The minimum atomic E-state index is 0.924. The Kier molecular flexibility index (Phi) is 3.74. The van der Waals surface area contributed by atoms with Gasteiger partial charge < -0.3 is 8.97 Å². The molecule has 0 spiro atoms. The van der Waals surface area contributed by atoms with E-state index in [0.29, 0.717) is 0 Å². The van der Waals surface area contributed by atoms with Gasteiger partial charge in [-0.25, -0.2) is 0 Å². The number of fused-ring (bicyclic) bond motifs is 9. The Hall–Kier alpha value is -4.30. The van der Waals surface area contributed by atoms with Crippen molar-refractivity contribution in [2.75, 3.05) is 0 Å². The van der Waals surface area contributed by atoms with Gasteiger partial charge in [0.05, 0.1) is 16.6 Å². The fourth-order valence-corrected chi connectivity index (χ4v) is 6.37. The Morgan fingerprint density at radius 1 is 0.486 bits per heavy atom. The van der Waals surface area contributed by atoms with Gasteiger partial charge in [0.25, 0.3) is 0 Å². The van der Waals surface area contributed by atoms with Crippen molar-refractivity contribution in [2.45, 2.75) is 19.9 Å². The summed E-state index contributed by atoms with van der Waals surface area (Å²) in [5, 5.41) is 8.05. The number of rotatable bonds is 3. The van der Waals surface area contributed by atoms with Crippen LogP contribution < -0.4 is 0 Å². The van der Waals surface area contributed by atoms with Crippen molar-refractivity contribution in [3.8, 4) is 0 Å². The standard InChI is InChI=1S/C33H24N2/c1-2-34-29-12-5-3-9-24(29)28-19-21(15-17-30(28)34)18-22-14-16-25-27-11-7-10-26-23-8-4-6-13-31(23)35(33(26)27)32(25)20-22/h3-17,19-20H,2,18H2,1H3. The van der Waals surface area contributed by atoms with E-state index in [2.05, 4.69) is 119 Å². The first-order valence-corrected chi connectivity index (χ1v) is 12.5. The lowest BCUT2D eigenvalue weighted by Gasteiger charge is -2.06. The second kappa shape index (κ2) is 6.86. The van der Waals surface area contributed by atoms with E-state index in [4.69, 9.17) is 0 Å². The molecule has 0 aliphatic rings. The molecule has 0 unspecified atom stereocenters. The van der Waals surface area contributed by atoms with Gasteiger partial charge in [-0.1, -0.05) is 72.8 Å². The summed E-state index contributed by atoms with van der Waals surface area (Å²) in [4.78, 5) is 0. The Morgan fingerprint density at radius 2 is 1.09 bits per heavy atom. The normalized spacial score (nSPS) is 12.4. The molecule has 3 heterocycles. The summed E-state index contributed by atoms with van der Waals surface area (Å²) in [6.07, 6.45) is 0.924. The average molecular weight is 449 g/mol. The van der Waals surface area contributed by atoms with Gasteiger partial charge in [0.2, 0.25) is 0 Å². The molecule has 35 heavy (non-hydrogen) atoms. The van der Waals surface area contributed by atoms with Crippen LogP contribution in [-0.2, 0) is 13.0 Å². The molecule has 0 aliphatic carbocycles. The molecule has 2 nitrogen and oxygen atoms in total. The third-order valence-corrected chi connectivity index (χ3v) is 7.85. The first-order valence-electron chi connectivity index (χ1n) is 12.5. The van der Waals surface area contributed by atoms with Crippen LogP contribution in [0.4, 0.5) is 0 Å². The third-order valence-electron chi connectivity index (χ3n) is 7.85. The predicted octanol–water partition coefficient (Wildman–Crippen LogP) is 8.56. The van der Waals surface area contributed by atoms with E-state index in [1.807, 2.05) is 0 Å². The lowest BCUT2D eigenvalue weighted by Crippen LogP contribution is -1.93. The minimum Gasteiger partial charge on any atom is -0.341 e. The van der Waals surface area contributed by atoms with Gasteiger partial charge >= 0.3 is 0 Å². The maximum atomic E-state index is 2.47. The van der Waals surface area contributed by atoms with Gasteiger partial charge in [-0.2, -0.15) is 0 Å². The molecule has 2 heteroatoms. The van der Waals surface area contributed by atoms with Crippen LogP contribution in [0.5, 0.6) is 0 Å². The van der Waals surface area contributed by atoms with Crippen molar-refractivity contribution < 1.29 is 0 Å². The number of benzene rings is 5. The Balaban J connectivity index is 1.32. The largest absolute Gasteiger partial charge is 0.341 e. The molecule has 0 N–H and O–H groups in total. The van der Waals surface area contributed by atoms with Crippen molar-refractivity contribution >= 4 is 59.9 Å². The molecule has 0 fully saturated rings. The van der Waals surface area contributed by atoms with Crippen LogP contribution >= 0.6 is 0 Å². The van der Waals surface area contributed by atoms with Crippen molar-refractivity contribution in [1.29, 1.82) is 0 Å². The van der Waals surface area contributed by atoms with Crippen LogP contribution in [0.3, 0.4) is 0 Å². The van der Waals surface area contributed by atoms with E-state index >= 15 is 0 Å². The monoisotopic (exact) mass is 448 g/mol. The van der Waals surface area contributed by atoms with E-state index in [1.165, 1.54) is 71.0 Å². The van der Waals surface area contributed by atoms with Crippen LogP contribution in [0.2, 0.25) is 0 Å². The molecule has 8 rings (SSSR count). The van der Waals surface area contributed by atoms with Crippen LogP contribution in [0.1, 0.15) is 18.1 Å². The average Bonchev–Trinajstić information content (AvgIpc) is 3.53. The Labute approximate surface area is 203 Å². The first-order chi connectivity index (χ1) is 17.3. The maximum absolute atomic E-state index is 2.47. The highest BCUT2D eigenvalue weighted by Crippen LogP contribution is 2.39. The molecule has 0 aliphatic heterocycles. The highest BCUT2D eigenvalue weighted by molar-refractivity contribution is 6.23. The molecule has 0 radical (unpaired) electrons. The van der Waals surface area contributed by atoms with E-state index in [-0.39, 0.29) is 0 Å². The maximum Gasteiger partial charge on any atom is 0.0620 e. The molecule has 166 valence electrons. The third kappa shape index (κ3) is 2.49. The summed E-state index contributed by atoms with van der Waals surface area (Å²) >= 11 is 0. The molecule has 0 saturated heterocycles. The van der Waals surface area contributed by atoms with E-state index in [9.17, 15) is 0 Å². The molecule has 3 aromatic heterocycles. The fraction of sp³-hybridized carbons (Fsp3) is 0.0909. The van der Waals surface area contributed by atoms with Crippen LogP contribution in [0.15, 0.2) is 103 Å². The molecule has 0 atom stereocenters. The zero-order valence-electron chi connectivity index (χ0n) is 19.6. The molecule has 5 aromatic carbocycles. The van der Waals surface area contributed by atoms with Crippen LogP contribution in [-0.4, -0.2) is 8.97 Å². The van der Waals surface area contributed by atoms with Crippen LogP contribution in [0, 0.1) is 0 Å². The summed E-state index contributed by atoms with van der Waals surface area (Å²) in [6, 6.07) is 38.3. The smallest absolute Gasteiger partial charge is 0.0620 e.